The van der Waals surface area contributed by atoms with Gasteiger partial charge in [0.15, 0.2) is 12.2 Å². The van der Waals surface area contributed by atoms with E-state index in [4.69, 9.17) is 20.4 Å². The van der Waals surface area contributed by atoms with Crippen LogP contribution in [-0.2, 0) is 28.7 Å². The Balaban J connectivity index is 4.29. The number of hydrogen-bond donors (Lipinski definition) is 4. The van der Waals surface area contributed by atoms with Crippen molar-refractivity contribution >= 4 is 23.9 Å². The van der Waals surface area contributed by atoms with E-state index >= 15 is 0 Å². The minimum atomic E-state index is -1.90. The van der Waals surface area contributed by atoms with Gasteiger partial charge in [0.05, 0.1) is 13.2 Å². The summed E-state index contributed by atoms with van der Waals surface area (Å²) in [7, 11) is 0. The van der Waals surface area contributed by atoms with E-state index in [1.165, 1.54) is 0 Å². The van der Waals surface area contributed by atoms with Gasteiger partial charge in [-0.2, -0.15) is 0 Å². The first-order chi connectivity index (χ1) is 9.31. The molecule has 0 aromatic carbocycles. The largest absolute Gasteiger partial charge is 0.393 e. The van der Waals surface area contributed by atoms with Gasteiger partial charge in [-0.3, -0.25) is 0 Å². The van der Waals surface area contributed by atoms with Crippen molar-refractivity contribution in [3.05, 3.63) is 12.2 Å². The molecule has 2 atom stereocenters. The Labute approximate surface area is 111 Å². The van der Waals surface area contributed by atoms with Crippen molar-refractivity contribution in [3.63, 3.8) is 0 Å². The van der Waals surface area contributed by atoms with Crippen molar-refractivity contribution in [3.8, 4) is 0 Å². The summed E-state index contributed by atoms with van der Waals surface area (Å²) >= 11 is 0. The topological polar surface area (TPSA) is 168 Å². The third-order valence-corrected chi connectivity index (χ3v) is 1.65. The number of carbonyl (C=O) groups is 4. The molecule has 10 nitrogen and oxygen atoms in total. The fourth-order valence-corrected chi connectivity index (χ4v) is 0.688. The van der Waals surface area contributed by atoms with Gasteiger partial charge in [-0.05, 0) is 0 Å². The second-order valence-corrected chi connectivity index (χ2v) is 3.21. The van der Waals surface area contributed by atoms with Gasteiger partial charge in [-0.15, -0.1) is 0 Å². The van der Waals surface area contributed by atoms with Crippen LogP contribution in [-0.4, -0.2) is 69.7 Å². The fraction of sp³-hybridized carbons (Fsp3) is 0.400. The Morgan fingerprint density at radius 3 is 1.35 bits per heavy atom. The number of aliphatic hydroxyl groups excluding tert-OH is 4. The third kappa shape index (κ3) is 6.70. The first kappa shape index (κ1) is 17.9. The molecular weight excluding hydrogens is 280 g/mol. The summed E-state index contributed by atoms with van der Waals surface area (Å²) in [6.07, 6.45) is -2.97. The van der Waals surface area contributed by atoms with Crippen molar-refractivity contribution in [2.75, 3.05) is 13.2 Å². The first-order valence-electron chi connectivity index (χ1n) is 5.09. The minimum absolute atomic E-state index is 0.420. The maximum absolute atomic E-state index is 10.9. The molecule has 0 aromatic rings. The zero-order chi connectivity index (χ0) is 15.7. The van der Waals surface area contributed by atoms with Crippen molar-refractivity contribution in [2.24, 2.45) is 0 Å². The van der Waals surface area contributed by atoms with Gasteiger partial charge in [-0.25, -0.2) is 19.2 Å². The maximum atomic E-state index is 10.9. The highest BCUT2D eigenvalue weighted by atomic mass is 16.6. The highest BCUT2D eigenvalue weighted by Crippen LogP contribution is 1.93. The van der Waals surface area contributed by atoms with Crippen LogP contribution in [0.25, 0.3) is 0 Å². The summed E-state index contributed by atoms with van der Waals surface area (Å²) in [4.78, 5) is 43.5. The van der Waals surface area contributed by atoms with Gasteiger partial charge >= 0.3 is 23.9 Å². The lowest BCUT2D eigenvalue weighted by Crippen LogP contribution is -2.29. The summed E-state index contributed by atoms with van der Waals surface area (Å²) in [6, 6.07) is 0. The highest BCUT2D eigenvalue weighted by molar-refractivity contribution is 5.99. The van der Waals surface area contributed by atoms with E-state index < -0.39 is 49.3 Å². The fourth-order valence-electron chi connectivity index (χ4n) is 0.688. The van der Waals surface area contributed by atoms with Crippen LogP contribution in [0.3, 0.4) is 0 Å². The van der Waals surface area contributed by atoms with E-state index in [1.54, 1.807) is 0 Å². The Bertz CT molecular complexity index is 374. The van der Waals surface area contributed by atoms with Crippen molar-refractivity contribution in [1.82, 2.24) is 0 Å². The van der Waals surface area contributed by atoms with Crippen LogP contribution in [0.5, 0.6) is 0 Å². The Kier molecular flexibility index (Phi) is 7.93. The van der Waals surface area contributed by atoms with Gasteiger partial charge in [0.2, 0.25) is 0 Å². The van der Waals surface area contributed by atoms with E-state index in [9.17, 15) is 19.2 Å². The number of esters is 4. The molecule has 0 aliphatic carbocycles. The molecule has 0 saturated carbocycles. The Morgan fingerprint density at radius 1 is 0.800 bits per heavy atom. The molecule has 0 aromatic heterocycles. The molecule has 10 heteroatoms. The minimum Gasteiger partial charge on any atom is -0.393 e. The molecule has 0 amide bonds. The number of hydrogen-bond acceptors (Lipinski definition) is 10. The average Bonchev–Trinajstić information content (AvgIpc) is 2.42. The zero-order valence-corrected chi connectivity index (χ0v) is 9.96. The van der Waals surface area contributed by atoms with Crippen LogP contribution in [0, 0.1) is 0 Å². The number of ether oxygens (including phenoxy) is 2. The Morgan fingerprint density at radius 2 is 1.10 bits per heavy atom. The molecule has 0 saturated heterocycles. The van der Waals surface area contributed by atoms with Gasteiger partial charge < -0.3 is 29.9 Å². The van der Waals surface area contributed by atoms with E-state index in [0.29, 0.717) is 12.2 Å². The summed E-state index contributed by atoms with van der Waals surface area (Å²) in [5.41, 5.74) is 0. The normalized spacial score (nSPS) is 13.6. The zero-order valence-electron chi connectivity index (χ0n) is 9.96. The summed E-state index contributed by atoms with van der Waals surface area (Å²) < 4.78 is 7.94. The molecule has 0 rings (SSSR count). The highest BCUT2D eigenvalue weighted by Gasteiger charge is 2.19. The molecule has 0 heterocycles. The van der Waals surface area contributed by atoms with Crippen LogP contribution < -0.4 is 0 Å². The number of aliphatic hydroxyl groups is 4. The van der Waals surface area contributed by atoms with Gasteiger partial charge in [-0.1, -0.05) is 0 Å². The summed E-state index contributed by atoms with van der Waals surface area (Å²) in [6.45, 7) is -1.91. The van der Waals surface area contributed by atoms with E-state index in [-0.39, 0.29) is 0 Å². The second-order valence-electron chi connectivity index (χ2n) is 3.21. The monoisotopic (exact) mass is 292 g/mol. The van der Waals surface area contributed by atoms with Gasteiger partial charge in [0, 0.05) is 12.2 Å². The molecule has 20 heavy (non-hydrogen) atoms. The number of rotatable bonds is 6. The van der Waals surface area contributed by atoms with Crippen molar-refractivity contribution in [1.29, 1.82) is 0 Å². The van der Waals surface area contributed by atoms with E-state index in [0.717, 1.165) is 0 Å². The molecule has 0 aliphatic heterocycles. The predicted molar refractivity (Wildman–Crippen MR) is 57.5 cm³/mol. The summed E-state index contributed by atoms with van der Waals surface area (Å²) in [5.74, 6) is -5.56. The lowest BCUT2D eigenvalue weighted by atomic mass is 10.4. The third-order valence-electron chi connectivity index (χ3n) is 1.65. The predicted octanol–water partition coefficient (Wildman–Crippen LogP) is -3.61. The molecule has 0 spiro atoms. The quantitative estimate of drug-likeness (QED) is 0.218. The summed E-state index contributed by atoms with van der Waals surface area (Å²) in [5, 5.41) is 34.3. The van der Waals surface area contributed by atoms with E-state index in [2.05, 4.69) is 9.47 Å². The molecule has 4 N–H and O–H groups in total. The first-order valence-corrected chi connectivity index (χ1v) is 5.09. The number of carbonyl (C=O) groups excluding carboxylic acids is 4. The molecule has 0 radical (unpaired) electrons. The standard InChI is InChI=1S/C10H12O10/c11-3-5(13)9(17)19-7(15)1-2-8(16)20-10(18)6(14)4-12/h1-2,5-6,11-14H,3-4H2/b2-1+. The molecule has 2 unspecified atom stereocenters. The van der Waals surface area contributed by atoms with E-state index in [1.807, 2.05) is 0 Å². The van der Waals surface area contributed by atoms with Crippen molar-refractivity contribution < 1.29 is 49.1 Å². The maximum Gasteiger partial charge on any atom is 0.345 e. The second kappa shape index (κ2) is 8.87. The van der Waals surface area contributed by atoms with Crippen molar-refractivity contribution in [2.45, 2.75) is 12.2 Å². The SMILES string of the molecule is O=C(/C=C/C(=O)OC(=O)C(O)CO)OC(=O)C(O)CO. The van der Waals surface area contributed by atoms with Gasteiger partial charge in [0.25, 0.3) is 0 Å². The molecule has 112 valence electrons. The molecule has 0 bridgehead atoms. The lowest BCUT2D eigenvalue weighted by Gasteiger charge is -2.04. The smallest absolute Gasteiger partial charge is 0.345 e. The van der Waals surface area contributed by atoms with Crippen LogP contribution in [0.4, 0.5) is 0 Å². The lowest BCUT2D eigenvalue weighted by molar-refractivity contribution is -0.166. The van der Waals surface area contributed by atoms with Crippen LogP contribution >= 0.6 is 0 Å². The Hall–Kier alpha value is -2.14. The van der Waals surface area contributed by atoms with Crippen LogP contribution in [0.2, 0.25) is 0 Å². The average molecular weight is 292 g/mol. The van der Waals surface area contributed by atoms with Crippen LogP contribution in [0.1, 0.15) is 0 Å². The molecule has 0 fully saturated rings. The van der Waals surface area contributed by atoms with Crippen LogP contribution in [0.15, 0.2) is 12.2 Å². The van der Waals surface area contributed by atoms with Gasteiger partial charge in [0.1, 0.15) is 0 Å². The molecule has 0 aliphatic rings. The molecular formula is C10H12O10.